The molecule has 0 bridgehead atoms. The number of hydrogen-bond donors (Lipinski definition) is 1. The molecule has 0 aliphatic carbocycles. The average molecular weight is 220 g/mol. The fourth-order valence-corrected chi connectivity index (χ4v) is 1.62. The molecule has 1 rings (SSSR count). The number of rotatable bonds is 2. The van der Waals surface area contributed by atoms with Gasteiger partial charge in [0.1, 0.15) is 0 Å². The van der Waals surface area contributed by atoms with Gasteiger partial charge in [0.25, 0.3) is 0 Å². The number of carbonyl (C=O) groups excluding carboxylic acids is 1. The first-order chi connectivity index (χ1) is 7.47. The Morgan fingerprint density at radius 2 is 2.00 bits per heavy atom. The number of amides is 2. The molecule has 1 N–H and O–H groups in total. The summed E-state index contributed by atoms with van der Waals surface area (Å²) in [6.45, 7) is 6.31. The van der Waals surface area contributed by atoms with Crippen molar-refractivity contribution >= 4 is 11.7 Å². The van der Waals surface area contributed by atoms with Gasteiger partial charge in [0.2, 0.25) is 0 Å². The van der Waals surface area contributed by atoms with Crippen LogP contribution in [0.25, 0.3) is 0 Å². The van der Waals surface area contributed by atoms with E-state index >= 15 is 0 Å². The first-order valence-corrected chi connectivity index (χ1v) is 5.53. The lowest BCUT2D eigenvalue weighted by molar-refractivity contribution is 0.249. The van der Waals surface area contributed by atoms with Crippen molar-refractivity contribution in [1.29, 1.82) is 0 Å². The third-order valence-electron chi connectivity index (χ3n) is 2.78. The topological polar surface area (TPSA) is 32.3 Å². The predicted octanol–water partition coefficient (Wildman–Crippen LogP) is 2.89. The molecule has 0 radical (unpaired) electrons. The Morgan fingerprint density at radius 3 is 2.50 bits per heavy atom. The van der Waals surface area contributed by atoms with Gasteiger partial charge >= 0.3 is 6.03 Å². The standard InChI is InChI=1S/C13H20N2O/c1-9(2)11-7-6-10(3)12(8-11)15(5)13(16)14-4/h6-9H,1-5H3,(H,14,16). The summed E-state index contributed by atoms with van der Waals surface area (Å²) in [5.41, 5.74) is 3.32. The molecule has 0 unspecified atom stereocenters. The minimum atomic E-state index is -0.0935. The Labute approximate surface area is 97.5 Å². The van der Waals surface area contributed by atoms with Gasteiger partial charge in [-0.3, -0.25) is 4.90 Å². The second kappa shape index (κ2) is 5.01. The van der Waals surface area contributed by atoms with E-state index in [0.717, 1.165) is 11.3 Å². The van der Waals surface area contributed by atoms with Gasteiger partial charge in [0, 0.05) is 19.8 Å². The molecule has 3 heteroatoms. The van der Waals surface area contributed by atoms with Crippen LogP contribution in [0, 0.1) is 6.92 Å². The molecule has 1 aromatic carbocycles. The van der Waals surface area contributed by atoms with Crippen LogP contribution >= 0.6 is 0 Å². The monoisotopic (exact) mass is 220 g/mol. The van der Waals surface area contributed by atoms with E-state index in [4.69, 9.17) is 0 Å². The van der Waals surface area contributed by atoms with Gasteiger partial charge < -0.3 is 5.32 Å². The SMILES string of the molecule is CNC(=O)N(C)c1cc(C(C)C)ccc1C. The van der Waals surface area contributed by atoms with Crippen LogP contribution in [0.15, 0.2) is 18.2 Å². The van der Waals surface area contributed by atoms with Crippen molar-refractivity contribution in [1.82, 2.24) is 5.32 Å². The molecule has 0 spiro atoms. The normalized spacial score (nSPS) is 10.4. The van der Waals surface area contributed by atoms with Crippen molar-refractivity contribution in [2.45, 2.75) is 26.7 Å². The molecule has 0 aliphatic heterocycles. The second-order valence-electron chi connectivity index (χ2n) is 4.31. The van der Waals surface area contributed by atoms with Crippen molar-refractivity contribution < 1.29 is 4.79 Å². The Balaban J connectivity index is 3.11. The zero-order chi connectivity index (χ0) is 12.3. The number of carbonyl (C=O) groups is 1. The first-order valence-electron chi connectivity index (χ1n) is 5.53. The number of aryl methyl sites for hydroxylation is 1. The van der Waals surface area contributed by atoms with E-state index in [9.17, 15) is 4.79 Å². The highest BCUT2D eigenvalue weighted by Gasteiger charge is 2.12. The van der Waals surface area contributed by atoms with Crippen LogP contribution in [0.5, 0.6) is 0 Å². The summed E-state index contributed by atoms with van der Waals surface area (Å²) in [5.74, 6) is 0.470. The fraction of sp³-hybridized carbons (Fsp3) is 0.462. The van der Waals surface area contributed by atoms with E-state index in [2.05, 4.69) is 37.4 Å². The van der Waals surface area contributed by atoms with Crippen LogP contribution in [0.1, 0.15) is 30.9 Å². The number of nitrogens with one attached hydrogen (secondary N) is 1. The molecular formula is C13H20N2O. The largest absolute Gasteiger partial charge is 0.341 e. The Bertz CT molecular complexity index is 386. The summed E-state index contributed by atoms with van der Waals surface area (Å²) < 4.78 is 0. The lowest BCUT2D eigenvalue weighted by Crippen LogP contribution is -2.35. The molecule has 88 valence electrons. The second-order valence-corrected chi connectivity index (χ2v) is 4.31. The zero-order valence-corrected chi connectivity index (χ0v) is 10.7. The van der Waals surface area contributed by atoms with Crippen LogP contribution in [0.4, 0.5) is 10.5 Å². The van der Waals surface area contributed by atoms with E-state index in [0.29, 0.717) is 5.92 Å². The molecule has 0 fully saturated rings. The molecule has 3 nitrogen and oxygen atoms in total. The Kier molecular flexibility index (Phi) is 3.93. The van der Waals surface area contributed by atoms with Crippen molar-refractivity contribution in [2.75, 3.05) is 19.0 Å². The van der Waals surface area contributed by atoms with Crippen LogP contribution in [-0.4, -0.2) is 20.1 Å². The maximum absolute atomic E-state index is 11.6. The summed E-state index contributed by atoms with van der Waals surface area (Å²) >= 11 is 0. The van der Waals surface area contributed by atoms with E-state index < -0.39 is 0 Å². The van der Waals surface area contributed by atoms with Crippen molar-refractivity contribution in [3.63, 3.8) is 0 Å². The average Bonchev–Trinajstić information content (AvgIpc) is 2.27. The highest BCUT2D eigenvalue weighted by atomic mass is 16.2. The molecule has 2 amide bonds. The minimum absolute atomic E-state index is 0.0935. The van der Waals surface area contributed by atoms with Gasteiger partial charge in [-0.1, -0.05) is 26.0 Å². The lowest BCUT2D eigenvalue weighted by Gasteiger charge is -2.20. The molecule has 0 saturated carbocycles. The fourth-order valence-electron chi connectivity index (χ4n) is 1.62. The number of anilines is 1. The van der Waals surface area contributed by atoms with Crippen LogP contribution in [0.2, 0.25) is 0 Å². The lowest BCUT2D eigenvalue weighted by atomic mass is 10.0. The summed E-state index contributed by atoms with van der Waals surface area (Å²) in [6, 6.07) is 6.16. The van der Waals surface area contributed by atoms with Crippen LogP contribution in [0.3, 0.4) is 0 Å². The summed E-state index contributed by atoms with van der Waals surface area (Å²) in [4.78, 5) is 13.2. The van der Waals surface area contributed by atoms with Gasteiger partial charge in [-0.25, -0.2) is 4.79 Å². The number of nitrogens with zero attached hydrogens (tertiary/aromatic N) is 1. The number of hydrogen-bond acceptors (Lipinski definition) is 1. The zero-order valence-electron chi connectivity index (χ0n) is 10.7. The van der Waals surface area contributed by atoms with Crippen LogP contribution in [-0.2, 0) is 0 Å². The van der Waals surface area contributed by atoms with E-state index in [1.807, 2.05) is 6.92 Å². The van der Waals surface area contributed by atoms with Gasteiger partial charge in [0.15, 0.2) is 0 Å². The summed E-state index contributed by atoms with van der Waals surface area (Å²) in [7, 11) is 3.42. The van der Waals surface area contributed by atoms with Gasteiger partial charge in [0.05, 0.1) is 0 Å². The van der Waals surface area contributed by atoms with Crippen molar-refractivity contribution in [2.24, 2.45) is 0 Å². The molecule has 0 saturated heterocycles. The number of benzene rings is 1. The van der Waals surface area contributed by atoms with Gasteiger partial charge in [-0.05, 0) is 30.0 Å². The third-order valence-corrected chi connectivity index (χ3v) is 2.78. The van der Waals surface area contributed by atoms with E-state index in [-0.39, 0.29) is 6.03 Å². The molecular weight excluding hydrogens is 200 g/mol. The minimum Gasteiger partial charge on any atom is -0.341 e. The summed E-state index contributed by atoms with van der Waals surface area (Å²) in [6.07, 6.45) is 0. The molecule has 1 aromatic rings. The Morgan fingerprint density at radius 1 is 1.38 bits per heavy atom. The van der Waals surface area contributed by atoms with Gasteiger partial charge in [-0.15, -0.1) is 0 Å². The highest BCUT2D eigenvalue weighted by Crippen LogP contribution is 2.24. The predicted molar refractivity (Wildman–Crippen MR) is 68.1 cm³/mol. The third kappa shape index (κ3) is 2.54. The molecule has 0 aliphatic rings. The molecule has 16 heavy (non-hydrogen) atoms. The van der Waals surface area contributed by atoms with E-state index in [1.165, 1.54) is 5.56 Å². The smallest absolute Gasteiger partial charge is 0.321 e. The van der Waals surface area contributed by atoms with Crippen LogP contribution < -0.4 is 10.2 Å². The molecule has 0 aromatic heterocycles. The van der Waals surface area contributed by atoms with E-state index in [1.54, 1.807) is 19.0 Å². The maximum atomic E-state index is 11.6. The van der Waals surface area contributed by atoms with Gasteiger partial charge in [-0.2, -0.15) is 0 Å². The van der Waals surface area contributed by atoms with Crippen molar-refractivity contribution in [3.8, 4) is 0 Å². The quantitative estimate of drug-likeness (QED) is 0.816. The maximum Gasteiger partial charge on any atom is 0.321 e. The molecule has 0 heterocycles. The highest BCUT2D eigenvalue weighted by molar-refractivity contribution is 5.92. The molecule has 0 atom stereocenters. The first kappa shape index (κ1) is 12.6. The van der Waals surface area contributed by atoms with Crippen molar-refractivity contribution in [3.05, 3.63) is 29.3 Å². The Hall–Kier alpha value is -1.51. The number of urea groups is 1. The summed E-state index contributed by atoms with van der Waals surface area (Å²) in [5, 5.41) is 2.63.